The summed E-state index contributed by atoms with van der Waals surface area (Å²) in [5.41, 5.74) is 0.437. The zero-order valence-electron chi connectivity index (χ0n) is 14.8. The number of alkyl halides is 3. The predicted molar refractivity (Wildman–Crippen MR) is 95.7 cm³/mol. The predicted octanol–water partition coefficient (Wildman–Crippen LogP) is 3.45. The molecule has 0 saturated carbocycles. The number of aromatic hydroxyl groups is 1. The number of anilines is 1. The molecule has 2 saturated heterocycles. The first-order chi connectivity index (χ1) is 12.9. The first-order valence-corrected chi connectivity index (χ1v) is 9.02. The highest BCUT2D eigenvalue weighted by Crippen LogP contribution is 2.34. The molecule has 2 aliphatic heterocycles. The molecule has 0 aliphatic carbocycles. The molecular formula is C19H21F3N4O. The molecule has 5 nitrogen and oxygen atoms in total. The summed E-state index contributed by atoms with van der Waals surface area (Å²) in [6, 6.07) is 7.01. The lowest BCUT2D eigenvalue weighted by atomic mass is 9.96. The molecule has 27 heavy (non-hydrogen) atoms. The SMILES string of the molecule is CN(c1ccc(-c2ccc(C(F)F)cc2O)nn1)[C@@H]1CC2CCC(N2)[C@@H]1F. The van der Waals surface area contributed by atoms with E-state index in [1.807, 2.05) is 4.90 Å². The van der Waals surface area contributed by atoms with Crippen LogP contribution in [0.2, 0.25) is 0 Å². The molecule has 4 rings (SSSR count). The number of piperidine rings is 1. The van der Waals surface area contributed by atoms with Gasteiger partial charge >= 0.3 is 0 Å². The lowest BCUT2D eigenvalue weighted by Gasteiger charge is -2.38. The van der Waals surface area contributed by atoms with Crippen LogP contribution >= 0.6 is 0 Å². The summed E-state index contributed by atoms with van der Waals surface area (Å²) in [6.07, 6.45) is -1.06. The van der Waals surface area contributed by atoms with Crippen LogP contribution in [0.5, 0.6) is 5.75 Å². The molecule has 2 N–H and O–H groups in total. The van der Waals surface area contributed by atoms with E-state index in [0.29, 0.717) is 29.5 Å². The fourth-order valence-corrected chi connectivity index (χ4v) is 4.08. The largest absolute Gasteiger partial charge is 0.507 e. The maximum absolute atomic E-state index is 14.7. The van der Waals surface area contributed by atoms with Crippen LogP contribution in [0.15, 0.2) is 30.3 Å². The maximum atomic E-state index is 14.7. The van der Waals surface area contributed by atoms with Crippen molar-refractivity contribution in [3.63, 3.8) is 0 Å². The van der Waals surface area contributed by atoms with Gasteiger partial charge in [-0.2, -0.15) is 0 Å². The van der Waals surface area contributed by atoms with Crippen LogP contribution in [-0.2, 0) is 0 Å². The van der Waals surface area contributed by atoms with Crippen molar-refractivity contribution in [3.05, 3.63) is 35.9 Å². The molecule has 1 aromatic heterocycles. The van der Waals surface area contributed by atoms with Crippen molar-refractivity contribution in [3.8, 4) is 17.0 Å². The Morgan fingerprint density at radius 2 is 2.00 bits per heavy atom. The van der Waals surface area contributed by atoms with Gasteiger partial charge < -0.3 is 15.3 Å². The Hall–Kier alpha value is -2.35. The second-order valence-electron chi connectivity index (χ2n) is 7.26. The molecule has 8 heteroatoms. The molecule has 1 aromatic carbocycles. The first kappa shape index (κ1) is 18.0. The zero-order valence-corrected chi connectivity index (χ0v) is 14.8. The minimum absolute atomic E-state index is 0.103. The number of aromatic nitrogens is 2. The van der Waals surface area contributed by atoms with Gasteiger partial charge in [0.1, 0.15) is 11.9 Å². The van der Waals surface area contributed by atoms with E-state index >= 15 is 0 Å². The summed E-state index contributed by atoms with van der Waals surface area (Å²) in [5, 5.41) is 21.6. The molecule has 0 amide bonds. The Kier molecular flexibility index (Phi) is 4.67. The Morgan fingerprint density at radius 3 is 2.67 bits per heavy atom. The van der Waals surface area contributed by atoms with E-state index in [2.05, 4.69) is 15.5 Å². The van der Waals surface area contributed by atoms with Crippen molar-refractivity contribution in [1.82, 2.24) is 15.5 Å². The Morgan fingerprint density at radius 1 is 1.19 bits per heavy atom. The van der Waals surface area contributed by atoms with Crippen LogP contribution in [-0.4, -0.2) is 46.6 Å². The number of rotatable bonds is 4. The normalized spacial score (nSPS) is 27.1. The van der Waals surface area contributed by atoms with Gasteiger partial charge in [0.25, 0.3) is 6.43 Å². The number of fused-ring (bicyclic) bond motifs is 2. The van der Waals surface area contributed by atoms with Gasteiger partial charge in [0.2, 0.25) is 0 Å². The van der Waals surface area contributed by atoms with Gasteiger partial charge in [0, 0.05) is 30.3 Å². The van der Waals surface area contributed by atoms with Crippen molar-refractivity contribution < 1.29 is 18.3 Å². The number of nitrogens with zero attached hydrogens (tertiary/aromatic N) is 3. The van der Waals surface area contributed by atoms with Crippen LogP contribution in [0.4, 0.5) is 19.0 Å². The maximum Gasteiger partial charge on any atom is 0.263 e. The average Bonchev–Trinajstić information content (AvgIpc) is 3.08. The smallest absolute Gasteiger partial charge is 0.263 e. The number of hydrogen-bond acceptors (Lipinski definition) is 5. The van der Waals surface area contributed by atoms with Crippen LogP contribution < -0.4 is 10.2 Å². The summed E-state index contributed by atoms with van der Waals surface area (Å²) in [6.45, 7) is 0. The van der Waals surface area contributed by atoms with Gasteiger partial charge in [-0.15, -0.1) is 10.2 Å². The van der Waals surface area contributed by atoms with Crippen molar-refractivity contribution in [1.29, 1.82) is 0 Å². The van der Waals surface area contributed by atoms with E-state index in [1.54, 1.807) is 19.2 Å². The second-order valence-corrected chi connectivity index (χ2v) is 7.26. The first-order valence-electron chi connectivity index (χ1n) is 9.02. The van der Waals surface area contributed by atoms with Crippen LogP contribution in [0.1, 0.15) is 31.3 Å². The number of hydrogen-bond donors (Lipinski definition) is 2. The van der Waals surface area contributed by atoms with Gasteiger partial charge in [0.05, 0.1) is 11.7 Å². The van der Waals surface area contributed by atoms with E-state index in [-0.39, 0.29) is 23.4 Å². The summed E-state index contributed by atoms with van der Waals surface area (Å²) in [4.78, 5) is 1.81. The molecule has 2 bridgehead atoms. The Bertz CT molecular complexity index is 817. The van der Waals surface area contributed by atoms with Crippen molar-refractivity contribution in [2.24, 2.45) is 0 Å². The summed E-state index contributed by atoms with van der Waals surface area (Å²) >= 11 is 0. The quantitative estimate of drug-likeness (QED) is 0.853. The van der Waals surface area contributed by atoms with E-state index in [1.165, 1.54) is 12.1 Å². The monoisotopic (exact) mass is 378 g/mol. The molecule has 2 aromatic rings. The number of nitrogens with one attached hydrogen (secondary N) is 1. The van der Waals surface area contributed by atoms with Crippen molar-refractivity contribution >= 4 is 5.82 Å². The summed E-state index contributed by atoms with van der Waals surface area (Å²) < 4.78 is 40.2. The van der Waals surface area contributed by atoms with Gasteiger partial charge in [-0.3, -0.25) is 0 Å². The molecular weight excluding hydrogens is 357 g/mol. The van der Waals surface area contributed by atoms with Gasteiger partial charge in [-0.1, -0.05) is 6.07 Å². The fraction of sp³-hybridized carbons (Fsp3) is 0.474. The summed E-state index contributed by atoms with van der Waals surface area (Å²) in [7, 11) is 1.81. The molecule has 0 spiro atoms. The minimum Gasteiger partial charge on any atom is -0.507 e. The number of phenols is 1. The van der Waals surface area contributed by atoms with Gasteiger partial charge in [-0.25, -0.2) is 13.2 Å². The molecule has 4 atom stereocenters. The number of benzene rings is 1. The third-order valence-electron chi connectivity index (χ3n) is 5.61. The molecule has 0 radical (unpaired) electrons. The lowest BCUT2D eigenvalue weighted by molar-refractivity contribution is 0.151. The van der Waals surface area contributed by atoms with E-state index in [9.17, 15) is 18.3 Å². The molecule has 2 fully saturated rings. The Labute approximate surface area is 155 Å². The highest BCUT2D eigenvalue weighted by Gasteiger charge is 2.43. The summed E-state index contributed by atoms with van der Waals surface area (Å²) in [5.74, 6) is 0.262. The van der Waals surface area contributed by atoms with E-state index in [0.717, 1.165) is 18.9 Å². The highest BCUT2D eigenvalue weighted by molar-refractivity contribution is 5.67. The standard InChI is InChI=1S/C19H21F3N4O/c1-26(15-9-11-3-5-14(23-11)18(15)20)17-7-6-13(24-25-17)12-4-2-10(19(21)22)8-16(12)27/h2,4,6-8,11,14-15,18-19,23,27H,3,5,9H2,1H3/t11?,14?,15-,18+/m1/s1. The highest BCUT2D eigenvalue weighted by atomic mass is 19.3. The van der Waals surface area contributed by atoms with Crippen LogP contribution in [0.25, 0.3) is 11.3 Å². The molecule has 2 aliphatic rings. The van der Waals surface area contributed by atoms with Crippen molar-refractivity contribution in [2.75, 3.05) is 11.9 Å². The molecule has 3 heterocycles. The van der Waals surface area contributed by atoms with Crippen LogP contribution in [0, 0.1) is 0 Å². The minimum atomic E-state index is -2.65. The van der Waals surface area contributed by atoms with Gasteiger partial charge in [0.15, 0.2) is 5.82 Å². The third-order valence-corrected chi connectivity index (χ3v) is 5.61. The second kappa shape index (κ2) is 6.99. The van der Waals surface area contributed by atoms with E-state index in [4.69, 9.17) is 0 Å². The van der Waals surface area contributed by atoms with Crippen LogP contribution in [0.3, 0.4) is 0 Å². The topological polar surface area (TPSA) is 61.3 Å². The third kappa shape index (κ3) is 3.34. The Balaban J connectivity index is 1.54. The van der Waals surface area contributed by atoms with E-state index < -0.39 is 12.6 Å². The molecule has 144 valence electrons. The lowest BCUT2D eigenvalue weighted by Crippen LogP contribution is -2.55. The molecule has 2 unspecified atom stereocenters. The van der Waals surface area contributed by atoms with Crippen molar-refractivity contribution in [2.45, 2.75) is 50.0 Å². The number of halogens is 3. The fourth-order valence-electron chi connectivity index (χ4n) is 4.08. The van der Waals surface area contributed by atoms with Gasteiger partial charge in [-0.05, 0) is 43.5 Å². The average molecular weight is 378 g/mol. The number of phenolic OH excluding ortho intramolecular Hbond substituents is 1. The zero-order chi connectivity index (χ0) is 19.1.